The fourth-order valence-electron chi connectivity index (χ4n) is 3.40. The summed E-state index contributed by atoms with van der Waals surface area (Å²) >= 11 is 0.861. The average Bonchev–Trinajstić information content (AvgIpc) is 2.70. The predicted molar refractivity (Wildman–Crippen MR) is 114 cm³/mol. The van der Waals surface area contributed by atoms with E-state index < -0.39 is 78.3 Å². The van der Waals surface area contributed by atoms with E-state index in [0.29, 0.717) is 0 Å². The molecule has 34 heavy (non-hydrogen) atoms. The maximum Gasteiger partial charge on any atom is 0.346 e. The van der Waals surface area contributed by atoms with E-state index in [4.69, 9.17) is 29.2 Å². The summed E-state index contributed by atoms with van der Waals surface area (Å²) in [6, 6.07) is -1.39. The molecule has 1 saturated heterocycles. The van der Waals surface area contributed by atoms with Crippen molar-refractivity contribution in [1.29, 1.82) is 0 Å². The number of carboxylic acids is 1. The zero-order valence-electron chi connectivity index (χ0n) is 19.3. The number of rotatable bonds is 11. The van der Waals surface area contributed by atoms with Gasteiger partial charge in [0.1, 0.15) is 24.9 Å². The van der Waals surface area contributed by atoms with Gasteiger partial charge in [0.15, 0.2) is 12.2 Å². The lowest BCUT2D eigenvalue weighted by atomic mass is 9.90. The molecule has 0 aromatic heterocycles. The summed E-state index contributed by atoms with van der Waals surface area (Å²) in [5, 5.41) is 13.6. The Morgan fingerprint density at radius 3 is 2.18 bits per heavy atom. The van der Waals surface area contributed by atoms with Crippen LogP contribution in [0, 0.1) is 0 Å². The molecule has 0 unspecified atom stereocenters. The zero-order chi connectivity index (χ0) is 26.1. The number of ether oxygens (including phenoxy) is 5. The van der Waals surface area contributed by atoms with Gasteiger partial charge in [-0.2, -0.15) is 0 Å². The molecule has 1 fully saturated rings. The maximum absolute atomic E-state index is 12.3. The lowest BCUT2D eigenvalue weighted by Crippen LogP contribution is -2.63. The van der Waals surface area contributed by atoms with Crippen LogP contribution in [-0.2, 0) is 47.7 Å². The van der Waals surface area contributed by atoms with Gasteiger partial charge in [0.25, 0.3) is 0 Å². The molecule has 0 aromatic carbocycles. The van der Waals surface area contributed by atoms with Crippen LogP contribution in [0.15, 0.2) is 5.11 Å². The van der Waals surface area contributed by atoms with Gasteiger partial charge in [0.05, 0.1) is 0 Å². The third-order valence-corrected chi connectivity index (χ3v) is 5.67. The van der Waals surface area contributed by atoms with Crippen LogP contribution >= 0.6 is 11.8 Å². The number of carboxylic acid groups (broad SMARTS) is 1. The summed E-state index contributed by atoms with van der Waals surface area (Å²) in [5.41, 5.74) is 9.13. The van der Waals surface area contributed by atoms with Crippen molar-refractivity contribution in [2.75, 3.05) is 12.4 Å². The molecule has 1 rings (SSSR count). The van der Waals surface area contributed by atoms with E-state index in [2.05, 4.69) is 10.0 Å². The number of aliphatic carboxylic acids is 1. The van der Waals surface area contributed by atoms with Crippen molar-refractivity contribution in [3.05, 3.63) is 10.4 Å². The number of azide groups is 1. The summed E-state index contributed by atoms with van der Waals surface area (Å²) < 4.78 is 26.5. The van der Waals surface area contributed by atoms with Crippen molar-refractivity contribution in [2.45, 2.75) is 76.4 Å². The van der Waals surface area contributed by atoms with Crippen LogP contribution in [0.5, 0.6) is 0 Å². The molecular formula is C19H27N3O11S. The molecule has 14 nitrogen and oxygen atoms in total. The molecule has 0 spiro atoms. The first-order valence-corrected chi connectivity index (χ1v) is 11.1. The Labute approximate surface area is 199 Å². The van der Waals surface area contributed by atoms with E-state index in [9.17, 15) is 29.1 Å². The molecular weight excluding hydrogens is 478 g/mol. The number of carbonyl (C=O) groups is 5. The van der Waals surface area contributed by atoms with Crippen molar-refractivity contribution < 1.29 is 52.8 Å². The van der Waals surface area contributed by atoms with E-state index in [0.717, 1.165) is 39.5 Å². The van der Waals surface area contributed by atoms with Gasteiger partial charge in [-0.05, 0) is 11.3 Å². The second-order valence-corrected chi connectivity index (χ2v) is 8.67. The summed E-state index contributed by atoms with van der Waals surface area (Å²) in [6.07, 6.45) is -6.35. The van der Waals surface area contributed by atoms with Crippen molar-refractivity contribution in [2.24, 2.45) is 5.11 Å². The van der Waals surface area contributed by atoms with E-state index in [1.165, 1.54) is 0 Å². The molecule has 0 aliphatic carbocycles. The summed E-state index contributed by atoms with van der Waals surface area (Å²) in [6.45, 7) is 5.34. The fourth-order valence-corrected chi connectivity index (χ4v) is 4.45. The number of carbonyl (C=O) groups excluding carboxylic acids is 4. The van der Waals surface area contributed by atoms with Gasteiger partial charge in [0.2, 0.25) is 4.93 Å². The number of hydrogen-bond donors (Lipinski definition) is 1. The molecule has 0 aromatic rings. The highest BCUT2D eigenvalue weighted by Crippen LogP contribution is 2.43. The van der Waals surface area contributed by atoms with Crippen LogP contribution in [0.3, 0.4) is 0 Å². The lowest BCUT2D eigenvalue weighted by molar-refractivity contribution is -0.220. The molecule has 0 radical (unpaired) electrons. The van der Waals surface area contributed by atoms with Gasteiger partial charge >= 0.3 is 29.8 Å². The largest absolute Gasteiger partial charge is 0.478 e. The second-order valence-electron chi connectivity index (χ2n) is 7.15. The monoisotopic (exact) mass is 505 g/mol. The molecule has 190 valence electrons. The van der Waals surface area contributed by atoms with Crippen LogP contribution in [-0.4, -0.2) is 82.7 Å². The smallest absolute Gasteiger partial charge is 0.346 e. The molecule has 6 atom stereocenters. The number of thioether (sulfide) groups is 1. The van der Waals surface area contributed by atoms with Crippen LogP contribution < -0.4 is 0 Å². The molecule has 1 heterocycles. The third-order valence-electron chi connectivity index (χ3n) is 4.48. The van der Waals surface area contributed by atoms with Gasteiger partial charge < -0.3 is 28.8 Å². The molecule has 0 amide bonds. The van der Waals surface area contributed by atoms with Crippen LogP contribution in [0.1, 0.15) is 41.0 Å². The van der Waals surface area contributed by atoms with Gasteiger partial charge in [-0.3, -0.25) is 19.2 Å². The first-order valence-electron chi connectivity index (χ1n) is 10.1. The van der Waals surface area contributed by atoms with Gasteiger partial charge in [-0.25, -0.2) is 4.79 Å². The molecule has 0 bridgehead atoms. The van der Waals surface area contributed by atoms with Gasteiger partial charge in [-0.15, -0.1) is 11.8 Å². The zero-order valence-corrected chi connectivity index (χ0v) is 20.1. The van der Waals surface area contributed by atoms with Crippen LogP contribution in [0.25, 0.3) is 10.4 Å². The fraction of sp³-hybridized carbons (Fsp3) is 0.737. The Kier molecular flexibility index (Phi) is 11.1. The van der Waals surface area contributed by atoms with E-state index in [1.54, 1.807) is 6.92 Å². The SMILES string of the molecule is CCS[C@]1(C(=O)O)C[C@H](OC(C)=O)[C@@H](N=[N+]=[N-])[C@H]([C@H](OC(C)=O)[C@@H](COC(C)=O)OC(C)=O)O1. The molecule has 0 saturated carbocycles. The maximum atomic E-state index is 12.3. The normalized spacial score (nSPS) is 25.6. The Hall–Kier alpha value is -3.03. The van der Waals surface area contributed by atoms with Crippen molar-refractivity contribution >= 4 is 41.6 Å². The molecule has 1 aliphatic rings. The Bertz CT molecular complexity index is 847. The minimum absolute atomic E-state index is 0.261. The highest BCUT2D eigenvalue weighted by atomic mass is 32.2. The third kappa shape index (κ3) is 8.08. The molecule has 15 heteroatoms. The molecule has 1 aliphatic heterocycles. The van der Waals surface area contributed by atoms with Crippen molar-refractivity contribution in [3.63, 3.8) is 0 Å². The number of nitrogens with zero attached hydrogens (tertiary/aromatic N) is 3. The minimum atomic E-state index is -2.00. The first-order chi connectivity index (χ1) is 15.9. The van der Waals surface area contributed by atoms with Crippen molar-refractivity contribution in [3.8, 4) is 0 Å². The summed E-state index contributed by atoms with van der Waals surface area (Å²) in [5.74, 6) is -4.41. The Balaban J connectivity index is 3.69. The van der Waals surface area contributed by atoms with Crippen LogP contribution in [0.2, 0.25) is 0 Å². The lowest BCUT2D eigenvalue weighted by Gasteiger charge is -2.46. The Morgan fingerprint density at radius 2 is 1.74 bits per heavy atom. The van der Waals surface area contributed by atoms with Crippen LogP contribution in [0.4, 0.5) is 0 Å². The highest BCUT2D eigenvalue weighted by molar-refractivity contribution is 8.01. The Morgan fingerprint density at radius 1 is 1.12 bits per heavy atom. The van der Waals surface area contributed by atoms with E-state index >= 15 is 0 Å². The van der Waals surface area contributed by atoms with E-state index in [-0.39, 0.29) is 5.75 Å². The number of hydrogen-bond acceptors (Lipinski definition) is 12. The summed E-state index contributed by atoms with van der Waals surface area (Å²) in [4.78, 5) is 59.8. The second kappa shape index (κ2) is 13.0. The highest BCUT2D eigenvalue weighted by Gasteiger charge is 2.57. The minimum Gasteiger partial charge on any atom is -0.478 e. The topological polar surface area (TPSA) is 200 Å². The predicted octanol–water partition coefficient (Wildman–Crippen LogP) is 1.35. The molecule has 1 N–H and O–H groups in total. The standard InChI is InChI=1S/C19H27N3O11S/c1-6-34-19(18(27)28)7-13(30-10(3)24)15(21-22-20)17(33-19)16(32-12(5)26)14(31-11(4)25)8-29-9(2)23/h13-17H,6-8H2,1-5H3,(H,27,28)/t13-,14+,15+,16+,17+,19-/m0/s1. The average molecular weight is 506 g/mol. The first kappa shape index (κ1) is 29.0. The van der Waals surface area contributed by atoms with Gasteiger partial charge in [0, 0.05) is 39.0 Å². The van der Waals surface area contributed by atoms with Gasteiger partial charge in [-0.1, -0.05) is 12.0 Å². The summed E-state index contributed by atoms with van der Waals surface area (Å²) in [7, 11) is 0. The van der Waals surface area contributed by atoms with E-state index in [1.807, 2.05) is 0 Å². The number of esters is 4. The van der Waals surface area contributed by atoms with Crippen molar-refractivity contribution in [1.82, 2.24) is 0 Å². The quantitative estimate of drug-likeness (QED) is 0.139.